The van der Waals surface area contributed by atoms with Crippen molar-refractivity contribution in [3.8, 4) is 0 Å². The highest BCUT2D eigenvalue weighted by atomic mass is 79.9. The highest BCUT2D eigenvalue weighted by Crippen LogP contribution is 2.27. The van der Waals surface area contributed by atoms with Gasteiger partial charge >= 0.3 is 0 Å². The van der Waals surface area contributed by atoms with Crippen LogP contribution in [0.2, 0.25) is 0 Å². The first-order chi connectivity index (χ1) is 9.83. The van der Waals surface area contributed by atoms with Gasteiger partial charge in [-0.25, -0.2) is 13.4 Å². The Hall–Kier alpha value is -0.960. The van der Waals surface area contributed by atoms with Crippen molar-refractivity contribution in [3.05, 3.63) is 50.5 Å². The van der Waals surface area contributed by atoms with Crippen LogP contribution < -0.4 is 10.5 Å². The molecule has 0 amide bonds. The summed E-state index contributed by atoms with van der Waals surface area (Å²) in [5.74, 6) is 0.256. The van der Waals surface area contributed by atoms with E-state index in [1.165, 1.54) is 6.20 Å². The molecule has 0 saturated heterocycles. The molecule has 0 aliphatic heterocycles. The van der Waals surface area contributed by atoms with Crippen LogP contribution in [0.25, 0.3) is 0 Å². The zero-order chi connectivity index (χ0) is 15.6. The molecule has 0 spiro atoms. The van der Waals surface area contributed by atoms with E-state index in [2.05, 4.69) is 41.6 Å². The summed E-state index contributed by atoms with van der Waals surface area (Å²) in [5, 5.41) is 0. The summed E-state index contributed by atoms with van der Waals surface area (Å²) in [5.41, 5.74) is 6.95. The van der Waals surface area contributed by atoms with Gasteiger partial charge in [0.2, 0.25) is 0 Å². The first-order valence-electron chi connectivity index (χ1n) is 5.97. The lowest BCUT2D eigenvalue weighted by Crippen LogP contribution is -2.16. The summed E-state index contributed by atoms with van der Waals surface area (Å²) in [7, 11) is -3.73. The molecule has 21 heavy (non-hydrogen) atoms. The van der Waals surface area contributed by atoms with E-state index >= 15 is 0 Å². The molecule has 0 radical (unpaired) electrons. The molecule has 0 atom stereocenters. The van der Waals surface area contributed by atoms with Crippen molar-refractivity contribution < 1.29 is 8.42 Å². The van der Waals surface area contributed by atoms with Crippen LogP contribution >= 0.6 is 31.9 Å². The Labute approximate surface area is 140 Å². The number of nitrogens with two attached hydrogens (primary N) is 1. The predicted molar refractivity (Wildman–Crippen MR) is 89.5 cm³/mol. The maximum absolute atomic E-state index is 12.5. The second kappa shape index (κ2) is 6.43. The molecule has 0 fully saturated rings. The summed E-state index contributed by atoms with van der Waals surface area (Å²) in [6, 6.07) is 6.68. The molecule has 0 unspecified atom stereocenters. The minimum absolute atomic E-state index is 0.182. The molecule has 0 aliphatic carbocycles. The standard InChI is InChI=1S/C13H13Br2N3O2S/c1-8-11(15)4-9(6-16)5-12(8)21(19,20)18-13-3-2-10(14)7-17-13/h2-5,7H,6,16H2,1H3,(H,17,18). The van der Waals surface area contributed by atoms with Gasteiger partial charge in [0.25, 0.3) is 10.0 Å². The van der Waals surface area contributed by atoms with Crippen molar-refractivity contribution in [2.75, 3.05) is 4.72 Å². The lowest BCUT2D eigenvalue weighted by Gasteiger charge is -2.12. The molecule has 1 heterocycles. The molecule has 5 nitrogen and oxygen atoms in total. The average molecular weight is 435 g/mol. The Morgan fingerprint density at radius 3 is 2.57 bits per heavy atom. The third-order valence-corrected chi connectivity index (χ3v) is 5.62. The van der Waals surface area contributed by atoms with E-state index in [-0.39, 0.29) is 17.3 Å². The van der Waals surface area contributed by atoms with E-state index in [1.54, 1.807) is 25.1 Å². The Balaban J connectivity index is 2.44. The molecular weight excluding hydrogens is 422 g/mol. The van der Waals surface area contributed by atoms with Gasteiger partial charge in [-0.2, -0.15) is 0 Å². The summed E-state index contributed by atoms with van der Waals surface area (Å²) in [6.07, 6.45) is 1.52. The predicted octanol–water partition coefficient (Wildman–Crippen LogP) is 3.17. The first kappa shape index (κ1) is 16.4. The number of halogens is 2. The van der Waals surface area contributed by atoms with Gasteiger partial charge in [0, 0.05) is 21.7 Å². The number of pyridine rings is 1. The van der Waals surface area contributed by atoms with E-state index in [4.69, 9.17) is 5.73 Å². The highest BCUT2D eigenvalue weighted by Gasteiger charge is 2.20. The third-order valence-electron chi connectivity index (χ3n) is 2.85. The number of sulfonamides is 1. The summed E-state index contributed by atoms with van der Waals surface area (Å²) in [4.78, 5) is 4.19. The van der Waals surface area contributed by atoms with Gasteiger partial charge in [0.15, 0.2) is 0 Å². The van der Waals surface area contributed by atoms with Crippen LogP contribution in [-0.4, -0.2) is 13.4 Å². The number of hydrogen-bond donors (Lipinski definition) is 2. The fourth-order valence-electron chi connectivity index (χ4n) is 1.73. The summed E-state index contributed by atoms with van der Waals surface area (Å²) < 4.78 is 28.9. The number of nitrogens with zero attached hydrogens (tertiary/aromatic N) is 1. The molecule has 1 aromatic carbocycles. The normalized spacial score (nSPS) is 11.4. The van der Waals surface area contributed by atoms with Crippen LogP contribution in [-0.2, 0) is 16.6 Å². The second-order valence-electron chi connectivity index (χ2n) is 4.37. The van der Waals surface area contributed by atoms with Gasteiger partial charge in [-0.15, -0.1) is 0 Å². The number of hydrogen-bond acceptors (Lipinski definition) is 4. The maximum Gasteiger partial charge on any atom is 0.263 e. The quantitative estimate of drug-likeness (QED) is 0.773. The fraction of sp³-hybridized carbons (Fsp3) is 0.154. The molecule has 112 valence electrons. The van der Waals surface area contributed by atoms with Crippen LogP contribution in [0.1, 0.15) is 11.1 Å². The molecule has 3 N–H and O–H groups in total. The van der Waals surface area contributed by atoms with Gasteiger partial charge in [-0.05, 0) is 58.2 Å². The van der Waals surface area contributed by atoms with Gasteiger partial charge in [-0.1, -0.05) is 15.9 Å². The zero-order valence-electron chi connectivity index (χ0n) is 11.1. The number of anilines is 1. The van der Waals surface area contributed by atoms with Gasteiger partial charge in [0.1, 0.15) is 5.82 Å². The van der Waals surface area contributed by atoms with Crippen molar-refractivity contribution in [1.82, 2.24) is 4.98 Å². The molecule has 0 aliphatic rings. The van der Waals surface area contributed by atoms with E-state index in [9.17, 15) is 8.42 Å². The molecular formula is C13H13Br2N3O2S. The molecule has 0 bridgehead atoms. The number of benzene rings is 1. The average Bonchev–Trinajstić information content (AvgIpc) is 2.43. The Bertz CT molecular complexity index is 762. The van der Waals surface area contributed by atoms with Crippen molar-refractivity contribution in [2.45, 2.75) is 18.4 Å². The number of aromatic nitrogens is 1. The minimum atomic E-state index is -3.73. The van der Waals surface area contributed by atoms with E-state index in [0.717, 1.165) is 10.0 Å². The topological polar surface area (TPSA) is 85.1 Å². The van der Waals surface area contributed by atoms with Crippen LogP contribution in [0.15, 0.2) is 44.3 Å². The van der Waals surface area contributed by atoms with E-state index in [1.807, 2.05) is 6.07 Å². The smallest absolute Gasteiger partial charge is 0.263 e. The van der Waals surface area contributed by atoms with Crippen molar-refractivity contribution >= 4 is 47.7 Å². The van der Waals surface area contributed by atoms with Crippen LogP contribution in [0.4, 0.5) is 5.82 Å². The van der Waals surface area contributed by atoms with E-state index in [0.29, 0.717) is 10.0 Å². The van der Waals surface area contributed by atoms with Crippen molar-refractivity contribution in [1.29, 1.82) is 0 Å². The largest absolute Gasteiger partial charge is 0.326 e. The molecule has 0 saturated carbocycles. The maximum atomic E-state index is 12.5. The zero-order valence-corrected chi connectivity index (χ0v) is 15.1. The van der Waals surface area contributed by atoms with Crippen LogP contribution in [0.5, 0.6) is 0 Å². The van der Waals surface area contributed by atoms with Gasteiger partial charge < -0.3 is 5.73 Å². The van der Waals surface area contributed by atoms with Crippen LogP contribution in [0.3, 0.4) is 0 Å². The summed E-state index contributed by atoms with van der Waals surface area (Å²) >= 11 is 6.61. The second-order valence-corrected chi connectivity index (χ2v) is 7.79. The SMILES string of the molecule is Cc1c(Br)cc(CN)cc1S(=O)(=O)Nc1ccc(Br)cn1. The minimum Gasteiger partial charge on any atom is -0.326 e. The number of rotatable bonds is 4. The van der Waals surface area contributed by atoms with Gasteiger partial charge in [0.05, 0.1) is 4.90 Å². The number of nitrogens with one attached hydrogen (secondary N) is 1. The van der Waals surface area contributed by atoms with Gasteiger partial charge in [-0.3, -0.25) is 4.72 Å². The third kappa shape index (κ3) is 3.82. The molecule has 1 aromatic heterocycles. The first-order valence-corrected chi connectivity index (χ1v) is 9.04. The monoisotopic (exact) mass is 433 g/mol. The Morgan fingerprint density at radius 2 is 2.00 bits per heavy atom. The molecule has 8 heteroatoms. The van der Waals surface area contributed by atoms with Crippen LogP contribution in [0, 0.1) is 6.92 Å². The summed E-state index contributed by atoms with van der Waals surface area (Å²) in [6.45, 7) is 1.99. The fourth-order valence-corrected chi connectivity index (χ4v) is 3.93. The van der Waals surface area contributed by atoms with Crippen molar-refractivity contribution in [2.24, 2.45) is 5.73 Å². The Morgan fingerprint density at radius 1 is 1.29 bits per heavy atom. The Kier molecular flexibility index (Phi) is 5.03. The highest BCUT2D eigenvalue weighted by molar-refractivity contribution is 9.10. The molecule has 2 aromatic rings. The lowest BCUT2D eigenvalue weighted by atomic mass is 10.1. The lowest BCUT2D eigenvalue weighted by molar-refractivity contribution is 0.600. The van der Waals surface area contributed by atoms with Crippen molar-refractivity contribution in [3.63, 3.8) is 0 Å². The molecule has 2 rings (SSSR count). The van der Waals surface area contributed by atoms with E-state index < -0.39 is 10.0 Å².